The molecule has 1 aromatic heterocycles. The molecule has 2 heterocycles. The molecule has 0 unspecified atom stereocenters. The Kier molecular flexibility index (Phi) is 5.90. The van der Waals surface area contributed by atoms with Crippen LogP contribution in [0.1, 0.15) is 46.2 Å². The number of amides is 1. The Balaban J connectivity index is 2.14. The smallest absolute Gasteiger partial charge is 0.337 e. The Bertz CT molecular complexity index is 838. The first-order chi connectivity index (χ1) is 12.5. The second-order valence-electron chi connectivity index (χ2n) is 6.51. The molecule has 5 nitrogen and oxygen atoms in total. The monoisotopic (exact) mass is 464 g/mol. The SMILES string of the molecule is COC(=O)c1ccc2c(c1)-c1ccnc(c1)[C@@H](I)CCC[C@@H](C)C(=O)N2. The van der Waals surface area contributed by atoms with Gasteiger partial charge in [0.15, 0.2) is 0 Å². The van der Waals surface area contributed by atoms with Gasteiger partial charge in [0.1, 0.15) is 0 Å². The highest BCUT2D eigenvalue weighted by atomic mass is 127. The summed E-state index contributed by atoms with van der Waals surface area (Å²) in [6, 6.07) is 9.13. The van der Waals surface area contributed by atoms with E-state index in [-0.39, 0.29) is 15.7 Å². The number of nitrogens with one attached hydrogen (secondary N) is 1. The van der Waals surface area contributed by atoms with Gasteiger partial charge in [0.2, 0.25) is 5.91 Å². The number of hydrogen-bond donors (Lipinski definition) is 1. The van der Waals surface area contributed by atoms with Crippen LogP contribution in [-0.2, 0) is 9.53 Å². The molecule has 1 N–H and O–H groups in total. The van der Waals surface area contributed by atoms with Crippen LogP contribution in [0.15, 0.2) is 36.5 Å². The quantitative estimate of drug-likeness (QED) is 0.375. The summed E-state index contributed by atoms with van der Waals surface area (Å²) in [6.45, 7) is 1.95. The van der Waals surface area contributed by atoms with Gasteiger partial charge >= 0.3 is 5.97 Å². The summed E-state index contributed by atoms with van der Waals surface area (Å²) in [6.07, 6.45) is 4.56. The minimum Gasteiger partial charge on any atom is -0.465 e. The fraction of sp³-hybridized carbons (Fsp3) is 0.350. The highest BCUT2D eigenvalue weighted by Gasteiger charge is 2.20. The molecule has 2 atom stereocenters. The molecule has 1 aromatic carbocycles. The normalized spacial score (nSPS) is 20.2. The fourth-order valence-corrected chi connectivity index (χ4v) is 3.84. The Labute approximate surface area is 166 Å². The first-order valence-electron chi connectivity index (χ1n) is 8.63. The summed E-state index contributed by atoms with van der Waals surface area (Å²) in [4.78, 5) is 29.0. The summed E-state index contributed by atoms with van der Waals surface area (Å²) in [7, 11) is 1.36. The van der Waals surface area contributed by atoms with Gasteiger partial charge in [-0.2, -0.15) is 0 Å². The minimum absolute atomic E-state index is 0.00284. The molecule has 2 bridgehead atoms. The molecule has 3 rings (SSSR count). The lowest BCUT2D eigenvalue weighted by Crippen LogP contribution is -2.21. The first-order valence-corrected chi connectivity index (χ1v) is 9.87. The zero-order chi connectivity index (χ0) is 18.7. The highest BCUT2D eigenvalue weighted by molar-refractivity contribution is 14.1. The van der Waals surface area contributed by atoms with Gasteiger partial charge in [-0.05, 0) is 48.7 Å². The van der Waals surface area contributed by atoms with Crippen LogP contribution in [-0.4, -0.2) is 24.0 Å². The van der Waals surface area contributed by atoms with Crippen LogP contribution in [0.4, 0.5) is 5.69 Å². The van der Waals surface area contributed by atoms with Crippen molar-refractivity contribution < 1.29 is 14.3 Å². The van der Waals surface area contributed by atoms with Crippen LogP contribution in [0, 0.1) is 5.92 Å². The minimum atomic E-state index is -0.403. The van der Waals surface area contributed by atoms with Gasteiger partial charge in [0.25, 0.3) is 0 Å². The van der Waals surface area contributed by atoms with Gasteiger partial charge in [-0.25, -0.2) is 4.79 Å². The number of aromatic nitrogens is 1. The summed E-state index contributed by atoms with van der Waals surface area (Å²) in [5.41, 5.74) is 3.87. The Morgan fingerprint density at radius 1 is 1.27 bits per heavy atom. The molecule has 136 valence electrons. The predicted octanol–water partition coefficient (Wildman–Crippen LogP) is 4.77. The molecule has 0 radical (unpaired) electrons. The number of ether oxygens (including phenoxy) is 1. The number of pyridine rings is 1. The molecule has 0 saturated carbocycles. The molecule has 1 amide bonds. The van der Waals surface area contributed by atoms with Crippen molar-refractivity contribution in [3.8, 4) is 11.1 Å². The van der Waals surface area contributed by atoms with Crippen molar-refractivity contribution in [3.63, 3.8) is 0 Å². The third-order valence-corrected chi connectivity index (χ3v) is 5.91. The van der Waals surface area contributed by atoms with Crippen molar-refractivity contribution in [3.05, 3.63) is 47.8 Å². The van der Waals surface area contributed by atoms with E-state index in [2.05, 4.69) is 32.9 Å². The van der Waals surface area contributed by atoms with E-state index in [0.29, 0.717) is 11.3 Å². The average Bonchev–Trinajstić information content (AvgIpc) is 2.66. The van der Waals surface area contributed by atoms with Crippen LogP contribution in [0.25, 0.3) is 11.1 Å². The molecule has 0 saturated heterocycles. The molecule has 0 fully saturated rings. The molecule has 1 aliphatic rings. The number of hydrogen-bond acceptors (Lipinski definition) is 4. The van der Waals surface area contributed by atoms with Gasteiger partial charge < -0.3 is 10.1 Å². The van der Waals surface area contributed by atoms with Gasteiger partial charge in [-0.15, -0.1) is 0 Å². The maximum atomic E-state index is 12.6. The lowest BCUT2D eigenvalue weighted by molar-refractivity contribution is -0.119. The van der Waals surface area contributed by atoms with Crippen molar-refractivity contribution >= 4 is 40.2 Å². The van der Waals surface area contributed by atoms with Crippen molar-refractivity contribution in [2.75, 3.05) is 12.4 Å². The number of esters is 1. The van der Waals surface area contributed by atoms with Gasteiger partial charge in [-0.1, -0.05) is 35.9 Å². The van der Waals surface area contributed by atoms with E-state index in [9.17, 15) is 9.59 Å². The van der Waals surface area contributed by atoms with E-state index in [0.717, 1.165) is 36.1 Å². The number of benzene rings is 1. The molecule has 26 heavy (non-hydrogen) atoms. The molecule has 6 heteroatoms. The average molecular weight is 464 g/mol. The Morgan fingerprint density at radius 2 is 2.08 bits per heavy atom. The lowest BCUT2D eigenvalue weighted by atomic mass is 9.96. The second kappa shape index (κ2) is 8.16. The zero-order valence-corrected chi connectivity index (χ0v) is 16.9. The highest BCUT2D eigenvalue weighted by Crippen LogP contribution is 2.35. The fourth-order valence-electron chi connectivity index (χ4n) is 3.06. The van der Waals surface area contributed by atoms with Gasteiger partial charge in [0, 0.05) is 23.4 Å². The molecular formula is C20H21IN2O3. The van der Waals surface area contributed by atoms with Gasteiger partial charge in [-0.3, -0.25) is 9.78 Å². The maximum Gasteiger partial charge on any atom is 0.337 e. The number of alkyl halides is 1. The van der Waals surface area contributed by atoms with Crippen LogP contribution in [0.2, 0.25) is 0 Å². The van der Waals surface area contributed by atoms with Crippen LogP contribution < -0.4 is 5.32 Å². The number of nitrogens with zero attached hydrogens (tertiary/aromatic N) is 1. The molecule has 2 aromatic rings. The van der Waals surface area contributed by atoms with Crippen molar-refractivity contribution in [1.29, 1.82) is 0 Å². The number of fused-ring (bicyclic) bond motifs is 4. The molecule has 0 aliphatic carbocycles. The molecular weight excluding hydrogens is 443 g/mol. The van der Waals surface area contributed by atoms with Gasteiger partial charge in [0.05, 0.1) is 22.3 Å². The number of carbonyl (C=O) groups is 2. The Hall–Kier alpha value is -1.96. The Morgan fingerprint density at radius 3 is 2.85 bits per heavy atom. The summed E-state index contributed by atoms with van der Waals surface area (Å²) >= 11 is 2.41. The van der Waals surface area contributed by atoms with Crippen LogP contribution in [0.3, 0.4) is 0 Å². The van der Waals surface area contributed by atoms with Crippen LogP contribution in [0.5, 0.6) is 0 Å². The molecule has 1 aliphatic heterocycles. The number of carbonyl (C=O) groups excluding carboxylic acids is 2. The first kappa shape index (κ1) is 18.8. The number of anilines is 1. The number of rotatable bonds is 1. The lowest BCUT2D eigenvalue weighted by Gasteiger charge is -2.19. The van der Waals surface area contributed by atoms with Crippen molar-refractivity contribution in [2.24, 2.45) is 5.92 Å². The van der Waals surface area contributed by atoms with E-state index in [1.165, 1.54) is 7.11 Å². The topological polar surface area (TPSA) is 68.3 Å². The zero-order valence-electron chi connectivity index (χ0n) is 14.8. The van der Waals surface area contributed by atoms with E-state index >= 15 is 0 Å². The summed E-state index contributed by atoms with van der Waals surface area (Å²) in [5.74, 6) is -0.478. The largest absolute Gasteiger partial charge is 0.465 e. The third-order valence-electron chi connectivity index (χ3n) is 4.65. The second-order valence-corrected chi connectivity index (χ2v) is 8.01. The predicted molar refractivity (Wildman–Crippen MR) is 109 cm³/mol. The third kappa shape index (κ3) is 4.06. The summed E-state index contributed by atoms with van der Waals surface area (Å²) < 4.78 is 5.12. The van der Waals surface area contributed by atoms with Crippen LogP contribution >= 0.6 is 22.6 Å². The van der Waals surface area contributed by atoms with E-state index in [1.807, 2.05) is 19.1 Å². The summed E-state index contributed by atoms with van der Waals surface area (Å²) in [5, 5.41) is 3.02. The maximum absolute atomic E-state index is 12.6. The standard InChI is InChI=1S/C20H21IN2O3/c1-12-4-3-5-16(21)18-11-13(8-9-22-18)15-10-14(20(25)26-2)6-7-17(15)23-19(12)24/h6-12,16H,3-5H2,1-2H3,(H,23,24)/t12-,16+/m1/s1. The van der Waals surface area contributed by atoms with Crippen molar-refractivity contribution in [1.82, 2.24) is 4.98 Å². The van der Waals surface area contributed by atoms with E-state index in [4.69, 9.17) is 4.74 Å². The van der Waals surface area contributed by atoms with Crippen molar-refractivity contribution in [2.45, 2.75) is 30.1 Å². The molecule has 0 spiro atoms. The van der Waals surface area contributed by atoms with E-state index < -0.39 is 5.97 Å². The number of halogens is 1. The number of methoxy groups -OCH3 is 1. The van der Waals surface area contributed by atoms with E-state index in [1.54, 1.807) is 24.4 Å².